The molecule has 14 heteroatoms. The van der Waals surface area contributed by atoms with Gasteiger partial charge in [0.15, 0.2) is 0 Å². The fourth-order valence-electron chi connectivity index (χ4n) is 2.78. The Labute approximate surface area is 202 Å². The Balaban J connectivity index is 5.52. The molecule has 5 amide bonds. The lowest BCUT2D eigenvalue weighted by molar-refractivity contribution is -0.142. The van der Waals surface area contributed by atoms with E-state index in [1.54, 1.807) is 6.92 Å². The molecule has 0 rings (SSSR count). The Bertz CT molecular complexity index is 751. The molecule has 0 spiro atoms. The highest BCUT2D eigenvalue weighted by atomic mass is 32.2. The fourth-order valence-corrected chi connectivity index (χ4v) is 3.26. The van der Waals surface area contributed by atoms with E-state index in [0.717, 1.165) is 0 Å². The van der Waals surface area contributed by atoms with Crippen LogP contribution in [0.25, 0.3) is 0 Å². The van der Waals surface area contributed by atoms with Crippen molar-refractivity contribution in [2.75, 3.05) is 12.0 Å². The number of rotatable bonds is 17. The maximum absolute atomic E-state index is 12.9. The Morgan fingerprint density at radius 1 is 0.853 bits per heavy atom. The van der Waals surface area contributed by atoms with Crippen LogP contribution < -0.4 is 33.2 Å². The molecular formula is C20H36N6O7S. The number of carboxylic acids is 1. The van der Waals surface area contributed by atoms with E-state index in [0.29, 0.717) is 12.2 Å². The van der Waals surface area contributed by atoms with Gasteiger partial charge in [0.1, 0.15) is 18.1 Å². The molecule has 10 N–H and O–H groups in total. The van der Waals surface area contributed by atoms with Gasteiger partial charge in [0.25, 0.3) is 0 Å². The molecule has 0 aromatic carbocycles. The maximum atomic E-state index is 12.9. The third kappa shape index (κ3) is 11.8. The smallest absolute Gasteiger partial charge is 0.326 e. The van der Waals surface area contributed by atoms with Crippen LogP contribution in [-0.2, 0) is 28.8 Å². The van der Waals surface area contributed by atoms with Crippen molar-refractivity contribution in [2.24, 2.45) is 23.1 Å². The molecule has 5 unspecified atom stereocenters. The number of primary amides is 2. The minimum absolute atomic E-state index is 0.133. The third-order valence-electron chi connectivity index (χ3n) is 5.14. The Kier molecular flexibility index (Phi) is 14.5. The van der Waals surface area contributed by atoms with Gasteiger partial charge < -0.3 is 38.3 Å². The maximum Gasteiger partial charge on any atom is 0.326 e. The number of hydrogen-bond acceptors (Lipinski definition) is 8. The van der Waals surface area contributed by atoms with Crippen molar-refractivity contribution in [1.82, 2.24) is 16.0 Å². The number of aliphatic carboxylic acids is 1. The Morgan fingerprint density at radius 2 is 1.38 bits per heavy atom. The first kappa shape index (κ1) is 31.1. The molecule has 0 fully saturated rings. The molecule has 34 heavy (non-hydrogen) atoms. The first-order chi connectivity index (χ1) is 15.8. The summed E-state index contributed by atoms with van der Waals surface area (Å²) in [5.41, 5.74) is 16.1. The van der Waals surface area contributed by atoms with Gasteiger partial charge in [-0.3, -0.25) is 24.0 Å². The van der Waals surface area contributed by atoms with Gasteiger partial charge in [-0.2, -0.15) is 11.8 Å². The average molecular weight is 505 g/mol. The van der Waals surface area contributed by atoms with Crippen molar-refractivity contribution in [1.29, 1.82) is 0 Å². The van der Waals surface area contributed by atoms with Crippen LogP contribution in [0.5, 0.6) is 0 Å². The first-order valence-corrected chi connectivity index (χ1v) is 12.2. The van der Waals surface area contributed by atoms with E-state index >= 15 is 0 Å². The third-order valence-corrected chi connectivity index (χ3v) is 5.78. The predicted octanol–water partition coefficient (Wildman–Crippen LogP) is -2.21. The molecule has 0 saturated heterocycles. The largest absolute Gasteiger partial charge is 0.480 e. The molecule has 0 aliphatic carbocycles. The second kappa shape index (κ2) is 15.9. The molecule has 13 nitrogen and oxygen atoms in total. The quantitative estimate of drug-likeness (QED) is 0.113. The molecule has 0 aromatic rings. The molecule has 0 bridgehead atoms. The summed E-state index contributed by atoms with van der Waals surface area (Å²) in [5.74, 6) is -5.03. The molecule has 0 heterocycles. The van der Waals surface area contributed by atoms with Crippen LogP contribution in [0.2, 0.25) is 0 Å². The van der Waals surface area contributed by atoms with E-state index in [1.165, 1.54) is 11.8 Å². The number of carbonyl (C=O) groups is 6. The van der Waals surface area contributed by atoms with Crippen LogP contribution in [-0.4, -0.2) is 76.8 Å². The Hall–Kier alpha value is -2.87. The predicted molar refractivity (Wildman–Crippen MR) is 126 cm³/mol. The summed E-state index contributed by atoms with van der Waals surface area (Å²) in [6.45, 7) is 3.67. The van der Waals surface area contributed by atoms with E-state index in [9.17, 15) is 33.9 Å². The highest BCUT2D eigenvalue weighted by molar-refractivity contribution is 7.98. The summed E-state index contributed by atoms with van der Waals surface area (Å²) in [5, 5.41) is 16.4. The number of nitrogens with two attached hydrogens (primary N) is 3. The zero-order chi connectivity index (χ0) is 26.4. The number of nitrogens with one attached hydrogen (secondary N) is 3. The van der Waals surface area contributed by atoms with E-state index in [1.807, 2.05) is 13.2 Å². The first-order valence-electron chi connectivity index (χ1n) is 10.8. The van der Waals surface area contributed by atoms with E-state index in [-0.39, 0.29) is 25.2 Å². The zero-order valence-electron chi connectivity index (χ0n) is 19.7. The van der Waals surface area contributed by atoms with Crippen LogP contribution in [0.15, 0.2) is 0 Å². The summed E-state index contributed by atoms with van der Waals surface area (Å²) in [6.07, 6.45) is 1.47. The average Bonchev–Trinajstić information content (AvgIpc) is 2.76. The number of thioether (sulfide) groups is 1. The SMILES string of the molecule is CCC(C)C(N)C(=O)NC(CCSC)C(=O)NC(CC(N)=O)C(=O)NC(CCC(N)=O)C(=O)O. The number of carbonyl (C=O) groups excluding carboxylic acids is 5. The summed E-state index contributed by atoms with van der Waals surface area (Å²) in [7, 11) is 0. The lowest BCUT2D eigenvalue weighted by Crippen LogP contribution is -2.58. The number of carboxylic acid groups (broad SMARTS) is 1. The summed E-state index contributed by atoms with van der Waals surface area (Å²) < 4.78 is 0. The van der Waals surface area contributed by atoms with E-state index in [2.05, 4.69) is 16.0 Å². The summed E-state index contributed by atoms with van der Waals surface area (Å²) >= 11 is 1.43. The molecule has 0 aliphatic rings. The van der Waals surface area contributed by atoms with Gasteiger partial charge in [0, 0.05) is 6.42 Å². The highest BCUT2D eigenvalue weighted by Gasteiger charge is 2.31. The second-order valence-corrected chi connectivity index (χ2v) is 8.88. The second-order valence-electron chi connectivity index (χ2n) is 7.89. The summed E-state index contributed by atoms with van der Waals surface area (Å²) in [4.78, 5) is 71.8. The van der Waals surface area contributed by atoms with Gasteiger partial charge in [0.2, 0.25) is 29.5 Å². The topological polar surface area (TPSA) is 237 Å². The minimum Gasteiger partial charge on any atom is -0.480 e. The monoisotopic (exact) mass is 504 g/mol. The van der Waals surface area contributed by atoms with E-state index in [4.69, 9.17) is 17.2 Å². The molecular weight excluding hydrogens is 468 g/mol. The molecule has 0 aromatic heterocycles. The van der Waals surface area contributed by atoms with Gasteiger partial charge in [-0.15, -0.1) is 0 Å². The van der Waals surface area contributed by atoms with Crippen molar-refractivity contribution in [3.63, 3.8) is 0 Å². The molecule has 0 aliphatic heterocycles. The van der Waals surface area contributed by atoms with Crippen molar-refractivity contribution in [3.8, 4) is 0 Å². The van der Waals surface area contributed by atoms with Crippen molar-refractivity contribution < 1.29 is 33.9 Å². The van der Waals surface area contributed by atoms with Gasteiger partial charge in [-0.05, 0) is 30.8 Å². The van der Waals surface area contributed by atoms with Crippen LogP contribution in [0, 0.1) is 5.92 Å². The van der Waals surface area contributed by atoms with E-state index < -0.39 is 66.1 Å². The van der Waals surface area contributed by atoms with Gasteiger partial charge >= 0.3 is 5.97 Å². The molecule has 0 saturated carbocycles. The molecule has 5 atom stereocenters. The van der Waals surface area contributed by atoms with Crippen LogP contribution in [0.1, 0.15) is 46.0 Å². The van der Waals surface area contributed by atoms with Gasteiger partial charge in [-0.25, -0.2) is 4.79 Å². The van der Waals surface area contributed by atoms with Crippen molar-refractivity contribution in [2.45, 2.75) is 70.1 Å². The zero-order valence-corrected chi connectivity index (χ0v) is 20.5. The number of amides is 5. The molecule has 0 radical (unpaired) electrons. The van der Waals surface area contributed by atoms with Crippen LogP contribution >= 0.6 is 11.8 Å². The van der Waals surface area contributed by atoms with Gasteiger partial charge in [0.05, 0.1) is 12.5 Å². The fraction of sp³-hybridized carbons (Fsp3) is 0.700. The van der Waals surface area contributed by atoms with Crippen LogP contribution in [0.3, 0.4) is 0 Å². The van der Waals surface area contributed by atoms with Crippen molar-refractivity contribution in [3.05, 3.63) is 0 Å². The van der Waals surface area contributed by atoms with Crippen LogP contribution in [0.4, 0.5) is 0 Å². The normalized spacial score (nSPS) is 15.2. The Morgan fingerprint density at radius 3 is 1.85 bits per heavy atom. The van der Waals surface area contributed by atoms with Gasteiger partial charge in [-0.1, -0.05) is 20.3 Å². The molecule has 194 valence electrons. The lowest BCUT2D eigenvalue weighted by atomic mass is 9.99. The minimum atomic E-state index is -1.50. The van der Waals surface area contributed by atoms with Crippen molar-refractivity contribution >= 4 is 47.3 Å². The number of hydrogen-bond donors (Lipinski definition) is 7. The standard InChI is InChI=1S/C20H36N6O7S/c1-4-10(2)16(23)19(31)24-11(7-8-34-3)17(29)26-13(9-15(22)28)18(30)25-12(20(32)33)5-6-14(21)27/h10-13,16H,4-9,23H2,1-3H3,(H2,21,27)(H2,22,28)(H,24,31)(H,25,30)(H,26,29)(H,32,33). The highest BCUT2D eigenvalue weighted by Crippen LogP contribution is 2.08. The lowest BCUT2D eigenvalue weighted by Gasteiger charge is -2.25. The summed E-state index contributed by atoms with van der Waals surface area (Å²) in [6, 6.07) is -4.88.